The summed E-state index contributed by atoms with van der Waals surface area (Å²) in [7, 11) is 0. The highest BCUT2D eigenvalue weighted by Gasteiger charge is 1.99. The second-order valence-corrected chi connectivity index (χ2v) is 5.20. The highest BCUT2D eigenvalue weighted by molar-refractivity contribution is 6.30. The summed E-state index contributed by atoms with van der Waals surface area (Å²) in [6.07, 6.45) is 0. The summed E-state index contributed by atoms with van der Waals surface area (Å²) in [6.45, 7) is 5.23. The van der Waals surface area contributed by atoms with Gasteiger partial charge in [-0.2, -0.15) is 0 Å². The average Bonchev–Trinajstić information content (AvgIpc) is 2.37. The van der Waals surface area contributed by atoms with Gasteiger partial charge in [-0.3, -0.25) is 0 Å². The van der Waals surface area contributed by atoms with Crippen molar-refractivity contribution in [3.05, 3.63) is 64.7 Å². The molecule has 0 radical (unpaired) electrons. The zero-order valence-corrected chi connectivity index (χ0v) is 11.5. The maximum Gasteiger partial charge on any atom is 0.0426 e. The van der Waals surface area contributed by atoms with Crippen molar-refractivity contribution < 1.29 is 0 Å². The zero-order chi connectivity index (χ0) is 13.0. The van der Waals surface area contributed by atoms with Crippen molar-refractivity contribution in [1.82, 2.24) is 0 Å². The van der Waals surface area contributed by atoms with Gasteiger partial charge in [0.05, 0.1) is 0 Å². The van der Waals surface area contributed by atoms with Crippen LogP contribution in [0.15, 0.2) is 48.5 Å². The number of halogens is 1. The Kier molecular flexibility index (Phi) is 4.27. The molecule has 2 rings (SSSR count). The quantitative estimate of drug-likeness (QED) is 0.808. The molecule has 0 aliphatic carbocycles. The predicted molar refractivity (Wildman–Crippen MR) is 79.3 cm³/mol. The van der Waals surface area contributed by atoms with Crippen LogP contribution >= 0.6 is 11.6 Å². The molecule has 2 heteroatoms. The summed E-state index contributed by atoms with van der Waals surface area (Å²) < 4.78 is 0. The van der Waals surface area contributed by atoms with E-state index in [1.165, 1.54) is 11.1 Å². The van der Waals surface area contributed by atoms with E-state index in [0.29, 0.717) is 5.92 Å². The van der Waals surface area contributed by atoms with Gasteiger partial charge in [-0.1, -0.05) is 55.8 Å². The molecule has 0 saturated heterocycles. The smallest absolute Gasteiger partial charge is 0.0426 e. The number of anilines is 1. The molecule has 0 heterocycles. The first-order valence-corrected chi connectivity index (χ1v) is 6.61. The van der Waals surface area contributed by atoms with Crippen molar-refractivity contribution in [2.75, 3.05) is 5.32 Å². The largest absolute Gasteiger partial charge is 0.381 e. The highest BCUT2D eigenvalue weighted by atomic mass is 35.5. The first-order valence-electron chi connectivity index (χ1n) is 6.23. The lowest BCUT2D eigenvalue weighted by molar-refractivity contribution is 0.865. The molecular formula is C16H18ClN. The normalized spacial score (nSPS) is 10.7. The first kappa shape index (κ1) is 13.0. The Bertz CT molecular complexity index is 503. The molecule has 0 spiro atoms. The SMILES string of the molecule is CC(C)c1ccc(CNc2cccc(Cl)c2)cc1. The fourth-order valence-corrected chi connectivity index (χ4v) is 2.01. The highest BCUT2D eigenvalue weighted by Crippen LogP contribution is 2.17. The van der Waals surface area contributed by atoms with Gasteiger partial charge in [-0.25, -0.2) is 0 Å². The van der Waals surface area contributed by atoms with Gasteiger partial charge in [0.25, 0.3) is 0 Å². The Labute approximate surface area is 114 Å². The van der Waals surface area contributed by atoms with Crippen molar-refractivity contribution in [3.63, 3.8) is 0 Å². The molecule has 18 heavy (non-hydrogen) atoms. The molecule has 0 aromatic heterocycles. The molecule has 0 fully saturated rings. The predicted octanol–water partition coefficient (Wildman–Crippen LogP) is 5.08. The number of benzene rings is 2. The van der Waals surface area contributed by atoms with Gasteiger partial charge < -0.3 is 5.32 Å². The Hall–Kier alpha value is -1.47. The molecule has 2 aromatic rings. The third-order valence-corrected chi connectivity index (χ3v) is 3.20. The van der Waals surface area contributed by atoms with Crippen LogP contribution in [0.2, 0.25) is 5.02 Å². The Balaban J connectivity index is 1.98. The Morgan fingerprint density at radius 3 is 2.39 bits per heavy atom. The monoisotopic (exact) mass is 259 g/mol. The van der Waals surface area contributed by atoms with Crippen LogP contribution in [-0.4, -0.2) is 0 Å². The van der Waals surface area contributed by atoms with E-state index in [-0.39, 0.29) is 0 Å². The van der Waals surface area contributed by atoms with Gasteiger partial charge in [0, 0.05) is 17.3 Å². The van der Waals surface area contributed by atoms with Crippen LogP contribution in [0, 0.1) is 0 Å². The van der Waals surface area contributed by atoms with Crippen molar-refractivity contribution in [2.24, 2.45) is 0 Å². The van der Waals surface area contributed by atoms with E-state index in [2.05, 4.69) is 43.4 Å². The van der Waals surface area contributed by atoms with E-state index in [0.717, 1.165) is 17.3 Å². The third kappa shape index (κ3) is 3.51. The van der Waals surface area contributed by atoms with Gasteiger partial charge in [0.2, 0.25) is 0 Å². The number of rotatable bonds is 4. The molecule has 0 amide bonds. The maximum atomic E-state index is 5.94. The summed E-state index contributed by atoms with van der Waals surface area (Å²) >= 11 is 5.94. The molecule has 94 valence electrons. The fourth-order valence-electron chi connectivity index (χ4n) is 1.82. The summed E-state index contributed by atoms with van der Waals surface area (Å²) in [5.74, 6) is 0.583. The zero-order valence-electron chi connectivity index (χ0n) is 10.8. The van der Waals surface area contributed by atoms with Crippen molar-refractivity contribution in [3.8, 4) is 0 Å². The van der Waals surface area contributed by atoms with Gasteiger partial charge in [-0.05, 0) is 35.2 Å². The summed E-state index contributed by atoms with van der Waals surface area (Å²) in [5.41, 5.74) is 3.70. The van der Waals surface area contributed by atoms with Crippen LogP contribution in [0.1, 0.15) is 30.9 Å². The van der Waals surface area contributed by atoms with Crippen molar-refractivity contribution in [1.29, 1.82) is 0 Å². The molecule has 0 bridgehead atoms. The average molecular weight is 260 g/mol. The lowest BCUT2D eigenvalue weighted by Crippen LogP contribution is -1.99. The topological polar surface area (TPSA) is 12.0 Å². The molecule has 0 aliphatic heterocycles. The van der Waals surface area contributed by atoms with E-state index in [9.17, 15) is 0 Å². The third-order valence-electron chi connectivity index (χ3n) is 2.97. The van der Waals surface area contributed by atoms with E-state index < -0.39 is 0 Å². The second kappa shape index (κ2) is 5.92. The Morgan fingerprint density at radius 1 is 1.06 bits per heavy atom. The lowest BCUT2D eigenvalue weighted by atomic mass is 10.0. The van der Waals surface area contributed by atoms with Crippen molar-refractivity contribution >= 4 is 17.3 Å². The minimum atomic E-state index is 0.583. The molecule has 1 nitrogen and oxygen atoms in total. The second-order valence-electron chi connectivity index (χ2n) is 4.76. The number of nitrogens with one attached hydrogen (secondary N) is 1. The molecule has 0 atom stereocenters. The Morgan fingerprint density at radius 2 is 1.78 bits per heavy atom. The minimum Gasteiger partial charge on any atom is -0.381 e. The lowest BCUT2D eigenvalue weighted by Gasteiger charge is -2.09. The molecule has 0 unspecified atom stereocenters. The van der Waals surface area contributed by atoms with Crippen LogP contribution in [0.5, 0.6) is 0 Å². The summed E-state index contributed by atoms with van der Waals surface area (Å²) in [4.78, 5) is 0. The van der Waals surface area contributed by atoms with Gasteiger partial charge in [0.1, 0.15) is 0 Å². The molecule has 0 saturated carbocycles. The standard InChI is InChI=1S/C16H18ClN/c1-12(2)14-8-6-13(7-9-14)11-18-16-5-3-4-15(17)10-16/h3-10,12,18H,11H2,1-2H3. The van der Waals surface area contributed by atoms with Crippen molar-refractivity contribution in [2.45, 2.75) is 26.3 Å². The maximum absolute atomic E-state index is 5.94. The van der Waals surface area contributed by atoms with Crippen LogP contribution in [-0.2, 0) is 6.54 Å². The van der Waals surface area contributed by atoms with Crippen LogP contribution in [0.25, 0.3) is 0 Å². The van der Waals surface area contributed by atoms with Crippen LogP contribution < -0.4 is 5.32 Å². The van der Waals surface area contributed by atoms with Crippen LogP contribution in [0.3, 0.4) is 0 Å². The summed E-state index contributed by atoms with van der Waals surface area (Å²) in [6, 6.07) is 16.5. The fraction of sp³-hybridized carbons (Fsp3) is 0.250. The van der Waals surface area contributed by atoms with Gasteiger partial charge >= 0.3 is 0 Å². The van der Waals surface area contributed by atoms with Gasteiger partial charge in [0.15, 0.2) is 0 Å². The van der Waals surface area contributed by atoms with Crippen LogP contribution in [0.4, 0.5) is 5.69 Å². The van der Waals surface area contributed by atoms with E-state index in [1.54, 1.807) is 0 Å². The van der Waals surface area contributed by atoms with E-state index in [4.69, 9.17) is 11.6 Å². The minimum absolute atomic E-state index is 0.583. The molecule has 2 aromatic carbocycles. The van der Waals surface area contributed by atoms with E-state index >= 15 is 0 Å². The molecule has 0 aliphatic rings. The number of hydrogen-bond donors (Lipinski definition) is 1. The molecule has 1 N–H and O–H groups in total. The first-order chi connectivity index (χ1) is 8.65. The van der Waals surface area contributed by atoms with Gasteiger partial charge in [-0.15, -0.1) is 0 Å². The molecular weight excluding hydrogens is 242 g/mol. The number of hydrogen-bond acceptors (Lipinski definition) is 1. The summed E-state index contributed by atoms with van der Waals surface area (Å²) in [5, 5.41) is 4.13. The van der Waals surface area contributed by atoms with E-state index in [1.807, 2.05) is 24.3 Å².